The fraction of sp³-hybridized carbons (Fsp3) is 0.500. The zero-order valence-electron chi connectivity index (χ0n) is 11.1. The number of hydrogen-bond acceptors (Lipinski definition) is 5. The predicted octanol–water partition coefficient (Wildman–Crippen LogP) is 1.11. The van der Waals surface area contributed by atoms with Gasteiger partial charge in [-0.3, -0.25) is 4.68 Å². The van der Waals surface area contributed by atoms with Crippen molar-refractivity contribution < 1.29 is 9.53 Å². The van der Waals surface area contributed by atoms with E-state index in [-0.39, 0.29) is 5.97 Å². The van der Waals surface area contributed by atoms with Crippen LogP contribution in [0.3, 0.4) is 0 Å². The lowest BCUT2D eigenvalue weighted by molar-refractivity contribution is 0.0526. The van der Waals surface area contributed by atoms with E-state index in [1.54, 1.807) is 17.8 Å². The molecule has 0 saturated carbocycles. The van der Waals surface area contributed by atoms with Crippen LogP contribution in [-0.4, -0.2) is 37.1 Å². The van der Waals surface area contributed by atoms with E-state index in [1.807, 2.05) is 4.68 Å². The zero-order chi connectivity index (χ0) is 13.7. The maximum absolute atomic E-state index is 11.5. The Morgan fingerprint density at radius 1 is 1.37 bits per heavy atom. The van der Waals surface area contributed by atoms with Crippen LogP contribution in [0.15, 0.2) is 18.7 Å². The Labute approximate surface area is 111 Å². The van der Waals surface area contributed by atoms with Crippen molar-refractivity contribution in [3.63, 3.8) is 0 Å². The second-order valence-electron chi connectivity index (χ2n) is 4.05. The molecule has 19 heavy (non-hydrogen) atoms. The van der Waals surface area contributed by atoms with Crippen molar-refractivity contribution in [3.05, 3.63) is 30.1 Å². The van der Waals surface area contributed by atoms with Gasteiger partial charge in [-0.1, -0.05) is 6.92 Å². The number of esters is 1. The molecule has 2 aromatic heterocycles. The molecule has 0 bridgehead atoms. The monoisotopic (exact) mass is 263 g/mol. The second-order valence-corrected chi connectivity index (χ2v) is 4.05. The van der Waals surface area contributed by atoms with E-state index in [0.717, 1.165) is 18.8 Å². The third-order valence-corrected chi connectivity index (χ3v) is 2.58. The fourth-order valence-corrected chi connectivity index (χ4v) is 1.72. The summed E-state index contributed by atoms with van der Waals surface area (Å²) >= 11 is 0. The number of nitrogens with zero attached hydrogens (tertiary/aromatic N) is 5. The first kappa shape index (κ1) is 13.3. The van der Waals surface area contributed by atoms with Crippen LogP contribution in [-0.2, 0) is 17.8 Å². The second kappa shape index (κ2) is 6.12. The number of hydrogen-bond donors (Lipinski definition) is 0. The predicted molar refractivity (Wildman–Crippen MR) is 67.6 cm³/mol. The van der Waals surface area contributed by atoms with Gasteiger partial charge in [-0.05, 0) is 13.3 Å². The van der Waals surface area contributed by atoms with E-state index in [9.17, 15) is 4.79 Å². The summed E-state index contributed by atoms with van der Waals surface area (Å²) in [4.78, 5) is 15.7. The summed E-state index contributed by atoms with van der Waals surface area (Å²) in [6.07, 6.45) is 5.67. The van der Waals surface area contributed by atoms with Crippen LogP contribution in [0, 0.1) is 0 Å². The number of ether oxygens (including phenoxy) is 1. The van der Waals surface area contributed by atoms with E-state index < -0.39 is 0 Å². The molecule has 0 aliphatic rings. The van der Waals surface area contributed by atoms with Gasteiger partial charge < -0.3 is 4.74 Å². The van der Waals surface area contributed by atoms with Crippen molar-refractivity contribution in [1.82, 2.24) is 24.5 Å². The minimum atomic E-state index is -0.358. The van der Waals surface area contributed by atoms with E-state index in [4.69, 9.17) is 4.74 Å². The first-order chi connectivity index (χ1) is 9.24. The third kappa shape index (κ3) is 3.18. The molecule has 102 valence electrons. The lowest BCUT2D eigenvalue weighted by atomic mass is 10.4. The summed E-state index contributed by atoms with van der Waals surface area (Å²) < 4.78 is 8.41. The highest BCUT2D eigenvalue weighted by Crippen LogP contribution is 2.04. The van der Waals surface area contributed by atoms with Crippen LogP contribution in [0.4, 0.5) is 0 Å². The quantitative estimate of drug-likeness (QED) is 0.730. The number of aryl methyl sites for hydroxylation is 1. The number of aromatic nitrogens is 5. The topological polar surface area (TPSA) is 74.8 Å². The Bertz CT molecular complexity index is 546. The number of carbonyl (C=O) groups is 1. The highest BCUT2D eigenvalue weighted by molar-refractivity contribution is 5.88. The molecule has 7 heteroatoms. The fourth-order valence-electron chi connectivity index (χ4n) is 1.72. The summed E-state index contributed by atoms with van der Waals surface area (Å²) in [6, 6.07) is 0. The van der Waals surface area contributed by atoms with Crippen molar-refractivity contribution in [2.75, 3.05) is 6.61 Å². The Kier molecular flexibility index (Phi) is 4.27. The molecule has 0 aromatic carbocycles. The molecular weight excluding hydrogens is 246 g/mol. The van der Waals surface area contributed by atoms with Crippen molar-refractivity contribution in [2.45, 2.75) is 33.4 Å². The van der Waals surface area contributed by atoms with Crippen LogP contribution in [0.25, 0.3) is 0 Å². The van der Waals surface area contributed by atoms with Gasteiger partial charge in [0.1, 0.15) is 18.7 Å². The lowest BCUT2D eigenvalue weighted by Gasteiger charge is -2.04. The minimum Gasteiger partial charge on any atom is -0.462 e. The van der Waals surface area contributed by atoms with Crippen LogP contribution in [0.5, 0.6) is 0 Å². The highest BCUT2D eigenvalue weighted by Gasteiger charge is 2.11. The first-order valence-corrected chi connectivity index (χ1v) is 6.30. The summed E-state index contributed by atoms with van der Waals surface area (Å²) in [5, 5.41) is 8.28. The van der Waals surface area contributed by atoms with Gasteiger partial charge in [-0.2, -0.15) is 10.2 Å². The van der Waals surface area contributed by atoms with E-state index in [0.29, 0.717) is 18.7 Å². The van der Waals surface area contributed by atoms with Gasteiger partial charge in [0, 0.05) is 12.7 Å². The molecule has 0 radical (unpaired) electrons. The molecule has 0 amide bonds. The van der Waals surface area contributed by atoms with Gasteiger partial charge in [0.25, 0.3) is 0 Å². The summed E-state index contributed by atoms with van der Waals surface area (Å²) in [5.74, 6) is 0.462. The van der Waals surface area contributed by atoms with Crippen LogP contribution >= 0.6 is 0 Å². The molecule has 2 heterocycles. The van der Waals surface area contributed by atoms with E-state index in [2.05, 4.69) is 22.1 Å². The summed E-state index contributed by atoms with van der Waals surface area (Å²) in [6.45, 7) is 5.52. The number of rotatable bonds is 6. The molecule has 0 unspecified atom stereocenters. The van der Waals surface area contributed by atoms with Crippen molar-refractivity contribution >= 4 is 5.97 Å². The average molecular weight is 263 g/mol. The van der Waals surface area contributed by atoms with Crippen LogP contribution in [0.2, 0.25) is 0 Å². The van der Waals surface area contributed by atoms with Crippen molar-refractivity contribution in [2.24, 2.45) is 0 Å². The normalized spacial score (nSPS) is 10.6. The van der Waals surface area contributed by atoms with Gasteiger partial charge in [-0.15, -0.1) is 0 Å². The third-order valence-electron chi connectivity index (χ3n) is 2.58. The molecular formula is C12H17N5O2. The Morgan fingerprint density at radius 3 is 2.95 bits per heavy atom. The van der Waals surface area contributed by atoms with Gasteiger partial charge in [-0.25, -0.2) is 14.5 Å². The van der Waals surface area contributed by atoms with Gasteiger partial charge in [0.15, 0.2) is 0 Å². The van der Waals surface area contributed by atoms with Crippen LogP contribution < -0.4 is 0 Å². The molecule has 0 aliphatic heterocycles. The summed E-state index contributed by atoms with van der Waals surface area (Å²) in [5.41, 5.74) is 0.448. The van der Waals surface area contributed by atoms with Crippen molar-refractivity contribution in [1.29, 1.82) is 0 Å². The Morgan fingerprint density at radius 2 is 2.21 bits per heavy atom. The Hall–Kier alpha value is -2.18. The smallest absolute Gasteiger partial charge is 0.341 e. The Balaban J connectivity index is 2.07. The molecule has 7 nitrogen and oxygen atoms in total. The molecule has 0 saturated heterocycles. The molecule has 2 aromatic rings. The molecule has 0 N–H and O–H groups in total. The van der Waals surface area contributed by atoms with Gasteiger partial charge >= 0.3 is 5.97 Å². The lowest BCUT2D eigenvalue weighted by Crippen LogP contribution is -2.10. The highest BCUT2D eigenvalue weighted by atomic mass is 16.5. The standard InChI is InChI=1S/C12H17N5O2/c1-3-5-17-11(13-9-15-17)8-16-7-10(6-14-16)12(18)19-4-2/h6-7,9H,3-5,8H2,1-2H3. The van der Waals surface area contributed by atoms with Crippen LogP contribution in [0.1, 0.15) is 36.5 Å². The zero-order valence-corrected chi connectivity index (χ0v) is 11.1. The summed E-state index contributed by atoms with van der Waals surface area (Å²) in [7, 11) is 0. The molecule has 0 fully saturated rings. The molecule has 2 rings (SSSR count). The van der Waals surface area contributed by atoms with Crippen molar-refractivity contribution in [3.8, 4) is 0 Å². The largest absolute Gasteiger partial charge is 0.462 e. The first-order valence-electron chi connectivity index (χ1n) is 6.30. The maximum Gasteiger partial charge on any atom is 0.341 e. The van der Waals surface area contributed by atoms with Gasteiger partial charge in [0.05, 0.1) is 18.4 Å². The molecule has 0 atom stereocenters. The minimum absolute atomic E-state index is 0.356. The SMILES string of the molecule is CCCn1ncnc1Cn1cc(C(=O)OCC)cn1. The number of carbonyl (C=O) groups excluding carboxylic acids is 1. The maximum atomic E-state index is 11.5. The van der Waals surface area contributed by atoms with E-state index >= 15 is 0 Å². The van der Waals surface area contributed by atoms with E-state index in [1.165, 1.54) is 12.5 Å². The molecule has 0 aliphatic carbocycles. The average Bonchev–Trinajstić information content (AvgIpc) is 3.01. The van der Waals surface area contributed by atoms with Gasteiger partial charge in [0.2, 0.25) is 0 Å². The molecule has 0 spiro atoms.